The number of rotatable bonds is 2. The summed E-state index contributed by atoms with van der Waals surface area (Å²) in [5, 5.41) is 5.80. The fraction of sp³-hybridized carbons (Fsp3) is 0.0323. The Balaban J connectivity index is 1.91. The van der Waals surface area contributed by atoms with Gasteiger partial charge in [0, 0.05) is 0 Å². The van der Waals surface area contributed by atoms with Crippen LogP contribution in [0.1, 0.15) is 5.56 Å². The Hall–Kier alpha value is -3.68. The molecule has 1 heteroatoms. The normalized spacial score (nSPS) is 13.4. The Morgan fingerprint density at radius 1 is 0.406 bits per heavy atom. The van der Waals surface area contributed by atoms with E-state index in [1.165, 1.54) is 48.6 Å². The van der Waals surface area contributed by atoms with Crippen LogP contribution in [0.2, 0.25) is 0 Å². The van der Waals surface area contributed by atoms with Gasteiger partial charge < -0.3 is 0 Å². The summed E-state index contributed by atoms with van der Waals surface area (Å²) in [5.74, 6) is 0. The Labute approximate surface area is 190 Å². The molecular weight excluding hydrogens is 400 g/mol. The summed E-state index contributed by atoms with van der Waals surface area (Å²) in [6.45, 7) is 2.26. The van der Waals surface area contributed by atoms with Gasteiger partial charge in [-0.1, -0.05) is 127 Å². The van der Waals surface area contributed by atoms with Crippen molar-refractivity contribution < 1.29 is 0 Å². The zero-order valence-electron chi connectivity index (χ0n) is 18.1. The third-order valence-corrected chi connectivity index (χ3v) is 11.8. The van der Waals surface area contributed by atoms with E-state index in [1.807, 2.05) is 0 Å². The number of fused-ring (bicyclic) bond motifs is 5. The van der Waals surface area contributed by atoms with Crippen LogP contribution < -0.4 is 20.7 Å². The molecule has 152 valence electrons. The Morgan fingerprint density at radius 2 is 0.906 bits per heavy atom. The van der Waals surface area contributed by atoms with E-state index in [9.17, 15) is 0 Å². The van der Waals surface area contributed by atoms with E-state index >= 15 is 0 Å². The zero-order chi connectivity index (χ0) is 21.5. The first-order valence-corrected chi connectivity index (χ1v) is 13.2. The van der Waals surface area contributed by atoms with E-state index in [0.717, 1.165) is 0 Å². The summed E-state index contributed by atoms with van der Waals surface area (Å²) in [6, 6.07) is 47.4. The molecule has 0 N–H and O–H groups in total. The van der Waals surface area contributed by atoms with Gasteiger partial charge in [0.25, 0.3) is 0 Å². The molecule has 1 heterocycles. The topological polar surface area (TPSA) is 0 Å². The van der Waals surface area contributed by atoms with Crippen LogP contribution in [0.25, 0.3) is 22.3 Å². The molecule has 0 radical (unpaired) electrons. The van der Waals surface area contributed by atoms with Crippen molar-refractivity contribution >= 4 is 28.8 Å². The average molecular weight is 425 g/mol. The van der Waals surface area contributed by atoms with Crippen molar-refractivity contribution in [3.8, 4) is 22.3 Å². The van der Waals surface area contributed by atoms with Crippen LogP contribution in [0.15, 0.2) is 127 Å². The van der Waals surface area contributed by atoms with Gasteiger partial charge >= 0.3 is 0 Å². The summed E-state index contributed by atoms with van der Waals surface area (Å²) in [6.07, 6.45) is 0. The molecule has 0 aromatic heterocycles. The maximum atomic E-state index is 2.40. The van der Waals surface area contributed by atoms with E-state index in [4.69, 9.17) is 0 Å². The Morgan fingerprint density at radius 3 is 1.56 bits per heavy atom. The van der Waals surface area contributed by atoms with Crippen LogP contribution in [0.4, 0.5) is 0 Å². The second kappa shape index (κ2) is 7.47. The van der Waals surface area contributed by atoms with Gasteiger partial charge in [0.2, 0.25) is 0 Å². The first kappa shape index (κ1) is 19.0. The molecule has 0 saturated carbocycles. The van der Waals surface area contributed by atoms with Crippen molar-refractivity contribution in [2.45, 2.75) is 6.92 Å². The lowest BCUT2D eigenvalue weighted by Crippen LogP contribution is -2.75. The largest absolute Gasteiger partial charge is 0.180 e. The summed E-state index contributed by atoms with van der Waals surface area (Å²) in [5.41, 5.74) is 6.78. The molecule has 0 spiro atoms. The molecule has 0 nitrogen and oxygen atoms in total. The molecule has 0 bridgehead atoms. The van der Waals surface area contributed by atoms with Gasteiger partial charge in [-0.05, 0) is 55.5 Å². The summed E-state index contributed by atoms with van der Waals surface area (Å²) in [7, 11) is -2.56. The highest BCUT2D eigenvalue weighted by Crippen LogP contribution is 2.37. The van der Waals surface area contributed by atoms with Crippen molar-refractivity contribution in [3.05, 3.63) is 133 Å². The first-order chi connectivity index (χ1) is 15.8. The lowest BCUT2D eigenvalue weighted by atomic mass is 9.92. The molecule has 6 rings (SSSR count). The van der Waals surface area contributed by atoms with Crippen LogP contribution in [0, 0.1) is 6.92 Å². The highest BCUT2D eigenvalue weighted by atomic mass is 28.3. The van der Waals surface area contributed by atoms with Crippen molar-refractivity contribution in [1.29, 1.82) is 0 Å². The molecule has 0 fully saturated rings. The first-order valence-electron chi connectivity index (χ1n) is 11.2. The van der Waals surface area contributed by atoms with Gasteiger partial charge in [-0.3, -0.25) is 0 Å². The lowest BCUT2D eigenvalue weighted by molar-refractivity contribution is 1.47. The second-order valence-electron chi connectivity index (χ2n) is 8.57. The lowest BCUT2D eigenvalue weighted by Gasteiger charge is -2.36. The molecule has 0 amide bonds. The van der Waals surface area contributed by atoms with Crippen LogP contribution in [-0.2, 0) is 0 Å². The summed E-state index contributed by atoms with van der Waals surface area (Å²) in [4.78, 5) is 0. The van der Waals surface area contributed by atoms with Crippen LogP contribution in [0.5, 0.6) is 0 Å². The molecule has 0 saturated heterocycles. The summed E-state index contributed by atoms with van der Waals surface area (Å²) >= 11 is 0. The highest BCUT2D eigenvalue weighted by molar-refractivity contribution is 7.21. The third-order valence-electron chi connectivity index (χ3n) is 6.91. The minimum Gasteiger partial charge on any atom is -0.0623 e. The predicted octanol–water partition coefficient (Wildman–Crippen LogP) is 5.02. The molecule has 32 heavy (non-hydrogen) atoms. The van der Waals surface area contributed by atoms with Crippen LogP contribution >= 0.6 is 0 Å². The van der Waals surface area contributed by atoms with Gasteiger partial charge in [0.05, 0.1) is 0 Å². The van der Waals surface area contributed by atoms with Crippen molar-refractivity contribution in [2.24, 2.45) is 0 Å². The molecule has 1 aliphatic rings. The minimum atomic E-state index is -2.56. The van der Waals surface area contributed by atoms with Gasteiger partial charge in [-0.15, -0.1) is 0 Å². The van der Waals surface area contributed by atoms with E-state index in [1.54, 1.807) is 0 Å². The SMILES string of the molecule is Cc1cccc2c1-c1ccccc1-c1ccccc1[Si]2(c1ccccc1)c1ccccc1. The number of benzene rings is 5. The average Bonchev–Trinajstić information content (AvgIpc) is 2.97. The maximum absolute atomic E-state index is 2.56. The minimum absolute atomic E-state index is 1.33. The zero-order valence-corrected chi connectivity index (χ0v) is 19.1. The quantitative estimate of drug-likeness (QED) is 0.343. The molecular formula is C31H24Si. The number of hydrogen-bond donors (Lipinski definition) is 0. The van der Waals surface area contributed by atoms with Gasteiger partial charge in [-0.25, -0.2) is 0 Å². The molecule has 0 aliphatic carbocycles. The molecule has 5 aromatic carbocycles. The third kappa shape index (κ3) is 2.61. The highest BCUT2D eigenvalue weighted by Gasteiger charge is 2.46. The Kier molecular flexibility index (Phi) is 4.45. The van der Waals surface area contributed by atoms with E-state index < -0.39 is 8.07 Å². The molecule has 0 atom stereocenters. The molecule has 1 aliphatic heterocycles. The monoisotopic (exact) mass is 424 g/mol. The predicted molar refractivity (Wildman–Crippen MR) is 139 cm³/mol. The van der Waals surface area contributed by atoms with Crippen molar-refractivity contribution in [2.75, 3.05) is 0 Å². The van der Waals surface area contributed by atoms with Gasteiger partial charge in [-0.2, -0.15) is 0 Å². The summed E-state index contributed by atoms with van der Waals surface area (Å²) < 4.78 is 0. The molecule has 0 unspecified atom stereocenters. The fourth-order valence-corrected chi connectivity index (χ4v) is 10.9. The van der Waals surface area contributed by atoms with Gasteiger partial charge in [0.15, 0.2) is 8.07 Å². The van der Waals surface area contributed by atoms with Crippen molar-refractivity contribution in [1.82, 2.24) is 0 Å². The van der Waals surface area contributed by atoms with E-state index in [2.05, 4.69) is 134 Å². The van der Waals surface area contributed by atoms with Crippen molar-refractivity contribution in [3.63, 3.8) is 0 Å². The molecule has 5 aromatic rings. The van der Waals surface area contributed by atoms with Gasteiger partial charge in [0.1, 0.15) is 0 Å². The van der Waals surface area contributed by atoms with Crippen LogP contribution in [0.3, 0.4) is 0 Å². The fourth-order valence-electron chi connectivity index (χ4n) is 5.63. The number of aryl methyl sites for hydroxylation is 1. The maximum Gasteiger partial charge on any atom is 0.180 e. The number of hydrogen-bond acceptors (Lipinski definition) is 0. The van der Waals surface area contributed by atoms with E-state index in [-0.39, 0.29) is 0 Å². The van der Waals surface area contributed by atoms with Crippen LogP contribution in [-0.4, -0.2) is 8.07 Å². The van der Waals surface area contributed by atoms with E-state index in [0.29, 0.717) is 0 Å². The Bertz CT molecular complexity index is 1380. The standard InChI is InChI=1S/C31H24Si/c1-23-13-12-22-30-31(23)28-20-9-8-18-26(28)27-19-10-11-21-29(27)32(30,24-14-4-2-5-15-24)25-16-6-3-7-17-25/h2-22H,1H3. The smallest absolute Gasteiger partial charge is 0.0623 e. The second-order valence-corrected chi connectivity index (χ2v) is 12.3.